The zero-order valence-electron chi connectivity index (χ0n) is 9.61. The molecule has 5 nitrogen and oxygen atoms in total. The molecule has 0 aromatic heterocycles. The normalized spacial score (nSPS) is 15.5. The smallest absolute Gasteiger partial charge is 0.333 e. The lowest BCUT2D eigenvalue weighted by Crippen LogP contribution is -2.41. The fourth-order valence-electron chi connectivity index (χ4n) is 1.13. The molecule has 0 aliphatic rings. The third kappa shape index (κ3) is 6.06. The Kier molecular flexibility index (Phi) is 5.28. The lowest BCUT2D eigenvalue weighted by molar-refractivity contribution is -0.165. The van der Waals surface area contributed by atoms with E-state index in [-0.39, 0.29) is 12.5 Å². The minimum Gasteiger partial charge on any atom is -0.479 e. The molecular formula is C10H19NO4. The molecule has 0 heterocycles. The monoisotopic (exact) mass is 217 g/mol. The molecule has 0 aromatic carbocycles. The van der Waals surface area contributed by atoms with Crippen molar-refractivity contribution in [2.24, 2.45) is 5.92 Å². The number of hydrogen-bond acceptors (Lipinski definition) is 3. The minimum atomic E-state index is -1.01. The van der Waals surface area contributed by atoms with Gasteiger partial charge in [-0.3, -0.25) is 4.79 Å². The first-order chi connectivity index (χ1) is 6.78. The molecule has 2 unspecified atom stereocenters. The van der Waals surface area contributed by atoms with Gasteiger partial charge in [0.2, 0.25) is 6.41 Å². The van der Waals surface area contributed by atoms with Gasteiger partial charge in [-0.2, -0.15) is 0 Å². The zero-order valence-corrected chi connectivity index (χ0v) is 9.61. The number of aliphatic carboxylic acids is 1. The molecule has 88 valence electrons. The average Bonchev–Trinajstić information content (AvgIpc) is 2.08. The summed E-state index contributed by atoms with van der Waals surface area (Å²) in [5.41, 5.74) is -0.515. The highest BCUT2D eigenvalue weighted by Gasteiger charge is 2.29. The molecule has 2 atom stereocenters. The van der Waals surface area contributed by atoms with Crippen LogP contribution >= 0.6 is 0 Å². The number of carboxylic acids is 1. The summed E-state index contributed by atoms with van der Waals surface area (Å²) in [6.07, 6.45) is -0.357. The Labute approximate surface area is 89.8 Å². The van der Waals surface area contributed by atoms with Crippen LogP contribution in [-0.4, -0.2) is 35.7 Å². The lowest BCUT2D eigenvalue weighted by atomic mass is 10.0. The van der Waals surface area contributed by atoms with Crippen LogP contribution in [0.3, 0.4) is 0 Å². The molecule has 0 rings (SSSR count). The molecule has 1 amide bonds. The van der Waals surface area contributed by atoms with Crippen LogP contribution in [0.15, 0.2) is 0 Å². The fourth-order valence-corrected chi connectivity index (χ4v) is 1.13. The summed E-state index contributed by atoms with van der Waals surface area (Å²) in [4.78, 5) is 21.0. The molecular weight excluding hydrogens is 198 g/mol. The van der Waals surface area contributed by atoms with Crippen molar-refractivity contribution in [3.63, 3.8) is 0 Å². The molecule has 0 bridgehead atoms. The summed E-state index contributed by atoms with van der Waals surface area (Å²) in [7, 11) is 0. The van der Waals surface area contributed by atoms with Gasteiger partial charge < -0.3 is 15.2 Å². The van der Waals surface area contributed by atoms with E-state index in [0.717, 1.165) is 0 Å². The fraction of sp³-hybridized carbons (Fsp3) is 0.800. The van der Waals surface area contributed by atoms with E-state index in [1.54, 1.807) is 27.7 Å². The van der Waals surface area contributed by atoms with Gasteiger partial charge in [0, 0.05) is 12.5 Å². The summed E-state index contributed by atoms with van der Waals surface area (Å²) < 4.78 is 5.40. The summed E-state index contributed by atoms with van der Waals surface area (Å²) in [5.74, 6) is -1.28. The van der Waals surface area contributed by atoms with Crippen LogP contribution in [0, 0.1) is 5.92 Å². The Morgan fingerprint density at radius 2 is 2.07 bits per heavy atom. The van der Waals surface area contributed by atoms with Crippen molar-refractivity contribution < 1.29 is 19.4 Å². The van der Waals surface area contributed by atoms with E-state index >= 15 is 0 Å². The molecule has 0 aliphatic carbocycles. The highest BCUT2D eigenvalue weighted by molar-refractivity contribution is 5.72. The lowest BCUT2D eigenvalue weighted by Gasteiger charge is -2.28. The van der Waals surface area contributed by atoms with Crippen LogP contribution in [0.5, 0.6) is 0 Å². The number of amides is 1. The van der Waals surface area contributed by atoms with E-state index in [1.165, 1.54) is 0 Å². The predicted octanol–water partition coefficient (Wildman–Crippen LogP) is 0.637. The first kappa shape index (κ1) is 13.9. The van der Waals surface area contributed by atoms with E-state index in [2.05, 4.69) is 5.32 Å². The molecule has 2 N–H and O–H groups in total. The second-order valence-corrected chi connectivity index (χ2v) is 4.49. The third-order valence-electron chi connectivity index (χ3n) is 1.76. The molecule has 0 radical (unpaired) electrons. The van der Waals surface area contributed by atoms with Crippen LogP contribution in [0.4, 0.5) is 0 Å². The summed E-state index contributed by atoms with van der Waals surface area (Å²) in [5, 5.41) is 11.4. The molecule has 5 heteroatoms. The van der Waals surface area contributed by atoms with Crippen molar-refractivity contribution in [2.45, 2.75) is 39.4 Å². The molecule has 0 fully saturated rings. The number of carbonyl (C=O) groups excluding carboxylic acids is 1. The quantitative estimate of drug-likeness (QED) is 0.640. The number of hydrogen-bond donors (Lipinski definition) is 2. The van der Waals surface area contributed by atoms with Crippen LogP contribution < -0.4 is 5.32 Å². The van der Waals surface area contributed by atoms with Crippen LogP contribution in [0.2, 0.25) is 0 Å². The predicted molar refractivity (Wildman–Crippen MR) is 55.5 cm³/mol. The number of carbonyl (C=O) groups is 2. The standard InChI is InChI=1S/C10H19NO4/c1-7(5-11-6-12)8(9(13)14)15-10(2,3)4/h6-8H,5H2,1-4H3,(H,11,12)(H,13,14). The van der Waals surface area contributed by atoms with Crippen molar-refractivity contribution in [3.8, 4) is 0 Å². The van der Waals surface area contributed by atoms with Crippen molar-refractivity contribution >= 4 is 12.4 Å². The van der Waals surface area contributed by atoms with Gasteiger partial charge >= 0.3 is 5.97 Å². The highest BCUT2D eigenvalue weighted by Crippen LogP contribution is 2.16. The number of ether oxygens (including phenoxy) is 1. The zero-order chi connectivity index (χ0) is 12.1. The van der Waals surface area contributed by atoms with Gasteiger partial charge in [-0.05, 0) is 20.8 Å². The molecule has 0 saturated heterocycles. The van der Waals surface area contributed by atoms with Crippen molar-refractivity contribution in [2.75, 3.05) is 6.54 Å². The molecule has 15 heavy (non-hydrogen) atoms. The Bertz CT molecular complexity index is 222. The van der Waals surface area contributed by atoms with Crippen molar-refractivity contribution in [1.82, 2.24) is 5.32 Å². The first-order valence-corrected chi connectivity index (χ1v) is 4.85. The Balaban J connectivity index is 4.38. The maximum Gasteiger partial charge on any atom is 0.333 e. The van der Waals surface area contributed by atoms with E-state index < -0.39 is 17.7 Å². The van der Waals surface area contributed by atoms with Gasteiger partial charge in [0.15, 0.2) is 6.10 Å². The molecule has 0 aliphatic heterocycles. The van der Waals surface area contributed by atoms with E-state index in [9.17, 15) is 9.59 Å². The van der Waals surface area contributed by atoms with Gasteiger partial charge in [-0.1, -0.05) is 6.92 Å². The van der Waals surface area contributed by atoms with E-state index in [1.807, 2.05) is 0 Å². The summed E-state index contributed by atoms with van der Waals surface area (Å²) in [6, 6.07) is 0. The Morgan fingerprint density at radius 3 is 2.40 bits per heavy atom. The maximum absolute atomic E-state index is 10.9. The van der Waals surface area contributed by atoms with Gasteiger partial charge in [0.25, 0.3) is 0 Å². The third-order valence-corrected chi connectivity index (χ3v) is 1.76. The van der Waals surface area contributed by atoms with Gasteiger partial charge in [0.1, 0.15) is 0 Å². The topological polar surface area (TPSA) is 75.6 Å². The summed E-state index contributed by atoms with van der Waals surface area (Å²) in [6.45, 7) is 7.39. The van der Waals surface area contributed by atoms with Gasteiger partial charge in [-0.15, -0.1) is 0 Å². The largest absolute Gasteiger partial charge is 0.479 e. The van der Waals surface area contributed by atoms with Crippen LogP contribution in [0.1, 0.15) is 27.7 Å². The Hall–Kier alpha value is -1.10. The van der Waals surface area contributed by atoms with Gasteiger partial charge in [-0.25, -0.2) is 4.79 Å². The van der Waals surface area contributed by atoms with E-state index in [0.29, 0.717) is 6.41 Å². The van der Waals surface area contributed by atoms with Gasteiger partial charge in [0.05, 0.1) is 5.60 Å². The van der Waals surface area contributed by atoms with Crippen LogP contribution in [0.25, 0.3) is 0 Å². The Morgan fingerprint density at radius 1 is 1.53 bits per heavy atom. The van der Waals surface area contributed by atoms with Crippen molar-refractivity contribution in [3.05, 3.63) is 0 Å². The summed E-state index contributed by atoms with van der Waals surface area (Å²) >= 11 is 0. The average molecular weight is 217 g/mol. The molecule has 0 spiro atoms. The number of nitrogens with one attached hydrogen (secondary N) is 1. The number of rotatable bonds is 6. The van der Waals surface area contributed by atoms with Crippen LogP contribution in [-0.2, 0) is 14.3 Å². The minimum absolute atomic E-state index is 0.271. The second-order valence-electron chi connectivity index (χ2n) is 4.49. The highest BCUT2D eigenvalue weighted by atomic mass is 16.5. The second kappa shape index (κ2) is 5.70. The molecule has 0 saturated carbocycles. The van der Waals surface area contributed by atoms with E-state index in [4.69, 9.17) is 9.84 Å². The maximum atomic E-state index is 10.9. The number of carboxylic acid groups (broad SMARTS) is 1. The SMILES string of the molecule is CC(CNC=O)C(OC(C)(C)C)C(=O)O. The molecule has 0 aromatic rings. The van der Waals surface area contributed by atoms with Crippen molar-refractivity contribution in [1.29, 1.82) is 0 Å². The first-order valence-electron chi connectivity index (χ1n) is 4.85.